The summed E-state index contributed by atoms with van der Waals surface area (Å²) in [7, 11) is 1.50. The van der Waals surface area contributed by atoms with Gasteiger partial charge in [-0.15, -0.1) is 0 Å². The summed E-state index contributed by atoms with van der Waals surface area (Å²) >= 11 is 5.69. The van der Waals surface area contributed by atoms with Gasteiger partial charge in [0.1, 0.15) is 5.54 Å². The minimum absolute atomic E-state index is 0.314. The fourth-order valence-electron chi connectivity index (χ4n) is 2.88. The SMILES string of the molecule is CN(C(=O)COC(=O)c1cc(F)c(F)cc1Cl)C1(C#N)CCCCC1. The molecule has 1 aliphatic rings. The molecule has 0 aromatic heterocycles. The van der Waals surface area contributed by atoms with Gasteiger partial charge in [-0.05, 0) is 25.0 Å². The standard InChI is InChI=1S/C17H17ClF2N2O3/c1-22(17(10-21)5-3-2-4-6-17)15(23)9-25-16(24)11-7-13(19)14(20)8-12(11)18/h7-8H,2-6,9H2,1H3. The van der Waals surface area contributed by atoms with Crippen LogP contribution in [-0.2, 0) is 9.53 Å². The van der Waals surface area contributed by atoms with E-state index in [0.29, 0.717) is 25.0 Å². The molecule has 0 spiro atoms. The Bertz CT molecular complexity index is 727. The van der Waals surface area contributed by atoms with E-state index in [1.807, 2.05) is 0 Å². The smallest absolute Gasteiger partial charge is 0.340 e. The fourth-order valence-corrected chi connectivity index (χ4v) is 3.11. The van der Waals surface area contributed by atoms with E-state index in [0.717, 1.165) is 19.3 Å². The molecule has 2 rings (SSSR count). The van der Waals surface area contributed by atoms with Gasteiger partial charge in [-0.25, -0.2) is 13.6 Å². The topological polar surface area (TPSA) is 70.4 Å². The van der Waals surface area contributed by atoms with Crippen LogP contribution in [0.1, 0.15) is 42.5 Å². The van der Waals surface area contributed by atoms with Crippen molar-refractivity contribution in [2.45, 2.75) is 37.6 Å². The maximum absolute atomic E-state index is 13.2. The third-order valence-electron chi connectivity index (χ3n) is 4.46. The number of rotatable bonds is 4. The Morgan fingerprint density at radius 1 is 1.28 bits per heavy atom. The predicted molar refractivity (Wildman–Crippen MR) is 85.8 cm³/mol. The largest absolute Gasteiger partial charge is 0.452 e. The zero-order valence-corrected chi connectivity index (χ0v) is 14.4. The van der Waals surface area contributed by atoms with Crippen molar-refractivity contribution in [1.29, 1.82) is 5.26 Å². The Labute approximate surface area is 149 Å². The monoisotopic (exact) mass is 370 g/mol. The summed E-state index contributed by atoms with van der Waals surface area (Å²) in [5.41, 5.74) is -1.27. The van der Waals surface area contributed by atoms with E-state index >= 15 is 0 Å². The van der Waals surface area contributed by atoms with Gasteiger partial charge in [0.05, 0.1) is 16.7 Å². The first-order valence-corrected chi connectivity index (χ1v) is 8.18. The summed E-state index contributed by atoms with van der Waals surface area (Å²) in [6, 6.07) is 3.47. The normalized spacial score (nSPS) is 16.0. The summed E-state index contributed by atoms with van der Waals surface area (Å²) < 4.78 is 31.1. The first kappa shape index (κ1) is 19.1. The van der Waals surface area contributed by atoms with E-state index in [9.17, 15) is 23.6 Å². The lowest BCUT2D eigenvalue weighted by Gasteiger charge is -2.38. The minimum Gasteiger partial charge on any atom is -0.452 e. The molecule has 0 N–H and O–H groups in total. The third-order valence-corrected chi connectivity index (χ3v) is 4.77. The third kappa shape index (κ3) is 4.07. The summed E-state index contributed by atoms with van der Waals surface area (Å²) in [4.78, 5) is 25.5. The zero-order chi connectivity index (χ0) is 18.6. The van der Waals surface area contributed by atoms with Gasteiger partial charge in [-0.2, -0.15) is 5.26 Å². The molecule has 0 bridgehead atoms. The second-order valence-corrected chi connectivity index (χ2v) is 6.39. The number of benzene rings is 1. The number of halogens is 3. The van der Waals surface area contributed by atoms with E-state index in [1.54, 1.807) is 0 Å². The lowest BCUT2D eigenvalue weighted by molar-refractivity contribution is -0.138. The first-order valence-electron chi connectivity index (χ1n) is 7.80. The van der Waals surface area contributed by atoms with Crippen LogP contribution < -0.4 is 0 Å². The Morgan fingerprint density at radius 2 is 1.88 bits per heavy atom. The summed E-state index contributed by atoms with van der Waals surface area (Å²) in [5.74, 6) is -4.02. The molecule has 0 heterocycles. The molecular weight excluding hydrogens is 354 g/mol. The molecule has 0 saturated heterocycles. The number of nitrogens with zero attached hydrogens (tertiary/aromatic N) is 2. The molecule has 1 amide bonds. The Balaban J connectivity index is 2.03. The van der Waals surface area contributed by atoms with E-state index in [4.69, 9.17) is 16.3 Å². The summed E-state index contributed by atoms with van der Waals surface area (Å²) in [6.07, 6.45) is 3.82. The van der Waals surface area contributed by atoms with Crippen molar-refractivity contribution < 1.29 is 23.1 Å². The molecule has 1 aromatic rings. The molecule has 1 fully saturated rings. The van der Waals surface area contributed by atoms with E-state index in [1.165, 1.54) is 11.9 Å². The molecule has 25 heavy (non-hydrogen) atoms. The lowest BCUT2D eigenvalue weighted by Crippen LogP contribution is -2.51. The number of likely N-dealkylation sites (N-methyl/N-ethyl adjacent to an activating group) is 1. The number of hydrogen-bond donors (Lipinski definition) is 0. The Morgan fingerprint density at radius 3 is 2.48 bits per heavy atom. The Kier molecular flexibility index (Phi) is 5.96. The van der Waals surface area contributed by atoms with Crippen molar-refractivity contribution in [1.82, 2.24) is 4.90 Å². The van der Waals surface area contributed by atoms with Crippen molar-refractivity contribution in [3.05, 3.63) is 34.4 Å². The second kappa shape index (κ2) is 7.79. The van der Waals surface area contributed by atoms with Gasteiger partial charge in [-0.1, -0.05) is 30.9 Å². The molecule has 1 saturated carbocycles. The number of carbonyl (C=O) groups is 2. The van der Waals surface area contributed by atoms with Crippen LogP contribution in [0.4, 0.5) is 8.78 Å². The van der Waals surface area contributed by atoms with Crippen molar-refractivity contribution in [2.75, 3.05) is 13.7 Å². The molecule has 0 atom stereocenters. The van der Waals surface area contributed by atoms with Crippen LogP contribution in [0.25, 0.3) is 0 Å². The fraction of sp³-hybridized carbons (Fsp3) is 0.471. The summed E-state index contributed by atoms with van der Waals surface area (Å²) in [6.45, 7) is -0.617. The molecule has 5 nitrogen and oxygen atoms in total. The van der Waals surface area contributed by atoms with E-state index in [2.05, 4.69) is 6.07 Å². The van der Waals surface area contributed by atoms with Crippen LogP contribution >= 0.6 is 11.6 Å². The molecule has 1 aliphatic carbocycles. The zero-order valence-electron chi connectivity index (χ0n) is 13.7. The van der Waals surface area contributed by atoms with E-state index < -0.39 is 35.7 Å². The number of esters is 1. The van der Waals surface area contributed by atoms with Gasteiger partial charge in [0.2, 0.25) is 0 Å². The van der Waals surface area contributed by atoms with Crippen molar-refractivity contribution in [3.8, 4) is 6.07 Å². The first-order chi connectivity index (χ1) is 11.8. The van der Waals surface area contributed by atoms with Gasteiger partial charge in [0, 0.05) is 7.05 Å². The van der Waals surface area contributed by atoms with Crippen LogP contribution in [0.5, 0.6) is 0 Å². The molecule has 0 radical (unpaired) electrons. The molecule has 8 heteroatoms. The number of ether oxygens (including phenoxy) is 1. The maximum atomic E-state index is 13.2. The van der Waals surface area contributed by atoms with Crippen molar-refractivity contribution >= 4 is 23.5 Å². The number of hydrogen-bond acceptors (Lipinski definition) is 4. The van der Waals surface area contributed by atoms with Crippen molar-refractivity contribution in [2.24, 2.45) is 0 Å². The maximum Gasteiger partial charge on any atom is 0.340 e. The van der Waals surface area contributed by atoms with Crippen LogP contribution in [0.2, 0.25) is 5.02 Å². The second-order valence-electron chi connectivity index (χ2n) is 5.98. The van der Waals surface area contributed by atoms with Gasteiger partial charge >= 0.3 is 5.97 Å². The highest BCUT2D eigenvalue weighted by Crippen LogP contribution is 2.32. The molecule has 0 aliphatic heterocycles. The number of nitriles is 1. The molecule has 1 aromatic carbocycles. The highest BCUT2D eigenvalue weighted by Gasteiger charge is 2.39. The highest BCUT2D eigenvalue weighted by molar-refractivity contribution is 6.33. The van der Waals surface area contributed by atoms with Crippen molar-refractivity contribution in [3.63, 3.8) is 0 Å². The molecule has 0 unspecified atom stereocenters. The van der Waals surface area contributed by atoms with Gasteiger partial charge in [-0.3, -0.25) is 4.79 Å². The average molecular weight is 371 g/mol. The minimum atomic E-state index is -1.24. The van der Waals surface area contributed by atoms with Crippen LogP contribution in [0.3, 0.4) is 0 Å². The van der Waals surface area contributed by atoms with Crippen LogP contribution in [0, 0.1) is 23.0 Å². The molecular formula is C17H17ClF2N2O3. The quantitative estimate of drug-likeness (QED) is 0.601. The van der Waals surface area contributed by atoms with E-state index in [-0.39, 0.29) is 10.6 Å². The van der Waals surface area contributed by atoms with Crippen LogP contribution in [0.15, 0.2) is 12.1 Å². The van der Waals surface area contributed by atoms with Crippen LogP contribution in [-0.4, -0.2) is 36.0 Å². The number of amides is 1. The molecule has 134 valence electrons. The average Bonchev–Trinajstić information content (AvgIpc) is 2.62. The summed E-state index contributed by atoms with van der Waals surface area (Å²) in [5, 5.41) is 9.15. The predicted octanol–water partition coefficient (Wildman–Crippen LogP) is 3.46. The highest BCUT2D eigenvalue weighted by atomic mass is 35.5. The van der Waals surface area contributed by atoms with Gasteiger partial charge < -0.3 is 9.64 Å². The Hall–Kier alpha value is -2.20. The number of carbonyl (C=O) groups excluding carboxylic acids is 2. The lowest BCUT2D eigenvalue weighted by atomic mass is 9.81. The van der Waals surface area contributed by atoms with Gasteiger partial charge in [0.25, 0.3) is 5.91 Å². The van der Waals surface area contributed by atoms with Gasteiger partial charge in [0.15, 0.2) is 18.2 Å².